The van der Waals surface area contributed by atoms with Crippen LogP contribution in [0.3, 0.4) is 0 Å². The van der Waals surface area contributed by atoms with Crippen LogP contribution in [-0.2, 0) is 11.3 Å². The second kappa shape index (κ2) is 6.95. The minimum absolute atomic E-state index is 0.0345. The van der Waals surface area contributed by atoms with Crippen LogP contribution in [-0.4, -0.2) is 37.9 Å². The maximum absolute atomic E-state index is 13.4. The molecule has 2 atom stereocenters. The Morgan fingerprint density at radius 1 is 1.32 bits per heavy atom. The molecule has 0 fully saturated rings. The van der Waals surface area contributed by atoms with Crippen molar-refractivity contribution in [3.05, 3.63) is 58.1 Å². The van der Waals surface area contributed by atoms with Crippen LogP contribution in [0.25, 0.3) is 10.9 Å². The number of fused-ring (bicyclic) bond motifs is 2. The molecule has 2 amide bonds. The van der Waals surface area contributed by atoms with Crippen LogP contribution < -0.4 is 10.9 Å². The van der Waals surface area contributed by atoms with E-state index in [4.69, 9.17) is 0 Å². The molecule has 3 aromatic rings. The zero-order chi connectivity index (χ0) is 19.8. The first-order chi connectivity index (χ1) is 13.5. The minimum Gasteiger partial charge on any atom is -0.349 e. The fourth-order valence-corrected chi connectivity index (χ4v) is 3.64. The summed E-state index contributed by atoms with van der Waals surface area (Å²) in [5.41, 5.74) is 1.95. The number of amides is 2. The van der Waals surface area contributed by atoms with Crippen molar-refractivity contribution in [3.63, 3.8) is 0 Å². The predicted octanol–water partition coefficient (Wildman–Crippen LogP) is 2.26. The normalized spacial score (nSPS) is 17.7. The van der Waals surface area contributed by atoms with Gasteiger partial charge in [-0.1, -0.05) is 38.5 Å². The largest absolute Gasteiger partial charge is 0.349 e. The van der Waals surface area contributed by atoms with E-state index in [1.165, 1.54) is 12.3 Å². The molecule has 0 aliphatic carbocycles. The van der Waals surface area contributed by atoms with Gasteiger partial charge in [0.05, 0.1) is 17.1 Å². The van der Waals surface area contributed by atoms with E-state index in [2.05, 4.69) is 20.5 Å². The van der Waals surface area contributed by atoms with Crippen LogP contribution in [0.1, 0.15) is 36.3 Å². The molecule has 1 aliphatic heterocycles. The Balaban J connectivity index is 1.80. The van der Waals surface area contributed by atoms with Gasteiger partial charge in [-0.2, -0.15) is 5.10 Å². The smallest absolute Gasteiger partial charge is 0.273 e. The number of aromatic nitrogens is 3. The van der Waals surface area contributed by atoms with E-state index in [-0.39, 0.29) is 29.0 Å². The molecule has 28 heavy (non-hydrogen) atoms. The lowest BCUT2D eigenvalue weighted by molar-refractivity contribution is -0.122. The fraction of sp³-hybridized carbons (Fsp3) is 0.300. The van der Waals surface area contributed by atoms with Crippen LogP contribution >= 0.6 is 0 Å². The van der Waals surface area contributed by atoms with E-state index >= 15 is 0 Å². The number of carbonyl (C=O) groups excluding carboxylic acids is 2. The molecule has 1 aromatic carbocycles. The maximum atomic E-state index is 13.4. The Hall–Kier alpha value is -3.42. The number of anilines is 1. The molecule has 0 saturated heterocycles. The number of hydrogen-bond donors (Lipinski definition) is 3. The molecule has 0 radical (unpaired) electrons. The van der Waals surface area contributed by atoms with E-state index in [0.29, 0.717) is 23.1 Å². The third-order valence-corrected chi connectivity index (χ3v) is 5.35. The lowest BCUT2D eigenvalue weighted by Gasteiger charge is -2.32. The van der Waals surface area contributed by atoms with Gasteiger partial charge in [0, 0.05) is 12.2 Å². The summed E-state index contributed by atoms with van der Waals surface area (Å²) in [7, 11) is 0. The number of nitrogens with one attached hydrogen (secondary N) is 3. The molecule has 1 aliphatic rings. The van der Waals surface area contributed by atoms with Gasteiger partial charge >= 0.3 is 0 Å². The summed E-state index contributed by atoms with van der Waals surface area (Å²) in [4.78, 5) is 42.9. The van der Waals surface area contributed by atoms with Gasteiger partial charge in [0.15, 0.2) is 0 Å². The fourth-order valence-electron chi connectivity index (χ4n) is 3.64. The van der Waals surface area contributed by atoms with Crippen LogP contribution in [0, 0.1) is 5.92 Å². The maximum Gasteiger partial charge on any atom is 0.273 e. The average molecular weight is 379 g/mol. The molecule has 0 saturated carbocycles. The molecule has 0 bridgehead atoms. The first kappa shape index (κ1) is 18.0. The molecule has 8 nitrogen and oxygen atoms in total. The molecule has 2 unspecified atom stereocenters. The molecule has 2 aromatic heterocycles. The van der Waals surface area contributed by atoms with Crippen molar-refractivity contribution in [2.75, 3.05) is 5.32 Å². The zero-order valence-corrected chi connectivity index (χ0v) is 15.7. The topological polar surface area (TPSA) is 111 Å². The molecule has 8 heteroatoms. The van der Waals surface area contributed by atoms with Gasteiger partial charge in [-0.15, -0.1) is 0 Å². The number of rotatable bonds is 3. The van der Waals surface area contributed by atoms with E-state index in [1.807, 2.05) is 38.1 Å². The van der Waals surface area contributed by atoms with Crippen molar-refractivity contribution < 1.29 is 9.59 Å². The monoisotopic (exact) mass is 379 g/mol. The number of aromatic amines is 2. The number of hydrogen-bond acceptors (Lipinski definition) is 4. The zero-order valence-electron chi connectivity index (χ0n) is 15.7. The Labute approximate surface area is 160 Å². The van der Waals surface area contributed by atoms with Crippen molar-refractivity contribution >= 4 is 28.4 Å². The highest BCUT2D eigenvalue weighted by molar-refractivity contribution is 6.03. The standard InChI is InChI=1S/C20H21N5O3/c1-3-11(2)17-19(27)23-14-7-5-4-6-12(14)10-25(17)20(28)15-8-13-16(22-15)9-21-24-18(13)26/h4-9,11,17,22H,3,10H2,1-2H3,(H,23,27)(H,24,26). The first-order valence-electron chi connectivity index (χ1n) is 9.25. The van der Waals surface area contributed by atoms with Crippen LogP contribution in [0.2, 0.25) is 0 Å². The van der Waals surface area contributed by atoms with Crippen LogP contribution in [0.15, 0.2) is 41.3 Å². The van der Waals surface area contributed by atoms with Crippen molar-refractivity contribution in [1.82, 2.24) is 20.1 Å². The molecule has 0 spiro atoms. The van der Waals surface area contributed by atoms with Gasteiger partial charge in [0.25, 0.3) is 11.5 Å². The van der Waals surface area contributed by atoms with Gasteiger partial charge in [0.2, 0.25) is 5.91 Å². The molecule has 144 valence electrons. The van der Waals surface area contributed by atoms with Crippen molar-refractivity contribution in [2.45, 2.75) is 32.9 Å². The summed E-state index contributed by atoms with van der Waals surface area (Å²) in [5.74, 6) is -0.566. The highest BCUT2D eigenvalue weighted by atomic mass is 16.2. The Morgan fingerprint density at radius 3 is 2.86 bits per heavy atom. The number of benzene rings is 1. The number of H-pyrrole nitrogens is 2. The van der Waals surface area contributed by atoms with E-state index < -0.39 is 6.04 Å². The Morgan fingerprint density at radius 2 is 2.11 bits per heavy atom. The summed E-state index contributed by atoms with van der Waals surface area (Å²) >= 11 is 0. The third-order valence-electron chi connectivity index (χ3n) is 5.35. The van der Waals surface area contributed by atoms with E-state index in [0.717, 1.165) is 12.0 Å². The average Bonchev–Trinajstić information content (AvgIpc) is 3.07. The quantitative estimate of drug-likeness (QED) is 0.648. The summed E-state index contributed by atoms with van der Waals surface area (Å²) in [6, 6.07) is 8.36. The minimum atomic E-state index is -0.618. The number of nitrogens with zero attached hydrogens (tertiary/aromatic N) is 2. The molecule has 4 rings (SSSR count). The van der Waals surface area contributed by atoms with E-state index in [9.17, 15) is 14.4 Å². The highest BCUT2D eigenvalue weighted by Crippen LogP contribution is 2.28. The summed E-state index contributed by atoms with van der Waals surface area (Å²) in [6.07, 6.45) is 2.21. The second-order valence-corrected chi connectivity index (χ2v) is 7.12. The number of carbonyl (C=O) groups is 2. The van der Waals surface area contributed by atoms with Gasteiger partial charge in [-0.05, 0) is 23.6 Å². The third kappa shape index (κ3) is 2.96. The molecule has 3 heterocycles. The summed E-state index contributed by atoms with van der Waals surface area (Å²) < 4.78 is 0. The van der Waals surface area contributed by atoms with Crippen molar-refractivity contribution in [3.8, 4) is 0 Å². The first-order valence-corrected chi connectivity index (χ1v) is 9.25. The highest BCUT2D eigenvalue weighted by Gasteiger charge is 2.37. The van der Waals surface area contributed by atoms with Crippen LogP contribution in [0.4, 0.5) is 5.69 Å². The van der Waals surface area contributed by atoms with Gasteiger partial charge in [0.1, 0.15) is 11.7 Å². The van der Waals surface area contributed by atoms with Crippen LogP contribution in [0.5, 0.6) is 0 Å². The lowest BCUT2D eigenvalue weighted by Crippen LogP contribution is -2.49. The molecular weight excluding hydrogens is 358 g/mol. The van der Waals surface area contributed by atoms with Gasteiger partial charge < -0.3 is 15.2 Å². The van der Waals surface area contributed by atoms with Crippen molar-refractivity contribution in [1.29, 1.82) is 0 Å². The van der Waals surface area contributed by atoms with Crippen molar-refractivity contribution in [2.24, 2.45) is 5.92 Å². The SMILES string of the molecule is CCC(C)C1C(=O)Nc2ccccc2CN1C(=O)c1cc2c(=O)[nH]ncc2[nH]1. The van der Waals surface area contributed by atoms with E-state index in [1.54, 1.807) is 4.90 Å². The number of para-hydroxylation sites is 1. The Bertz CT molecular complexity index is 1120. The predicted molar refractivity (Wildman–Crippen MR) is 105 cm³/mol. The summed E-state index contributed by atoms with van der Waals surface area (Å²) in [6.45, 7) is 4.25. The Kier molecular flexibility index (Phi) is 4.46. The second-order valence-electron chi connectivity index (χ2n) is 7.12. The molecule has 3 N–H and O–H groups in total. The van der Waals surface area contributed by atoms with Gasteiger partial charge in [-0.25, -0.2) is 5.10 Å². The summed E-state index contributed by atoms with van der Waals surface area (Å²) in [5, 5.41) is 9.42. The lowest BCUT2D eigenvalue weighted by atomic mass is 9.96. The van der Waals surface area contributed by atoms with Gasteiger partial charge in [-0.3, -0.25) is 14.4 Å². The molecular formula is C20H21N5O3.